The van der Waals surface area contributed by atoms with E-state index in [2.05, 4.69) is 9.88 Å². The first-order valence-electron chi connectivity index (χ1n) is 9.48. The third-order valence-electron chi connectivity index (χ3n) is 6.21. The topological polar surface area (TPSA) is 62.7 Å². The van der Waals surface area contributed by atoms with Gasteiger partial charge in [0.05, 0.1) is 18.9 Å². The lowest BCUT2D eigenvalue weighted by Gasteiger charge is -2.47. The maximum atomic E-state index is 12.9. The highest BCUT2D eigenvalue weighted by Gasteiger charge is 2.53. The van der Waals surface area contributed by atoms with E-state index in [1.54, 1.807) is 0 Å². The lowest BCUT2D eigenvalue weighted by molar-refractivity contribution is -0.141. The number of aromatic nitrogens is 1. The first-order chi connectivity index (χ1) is 13.1. The second-order valence-electron chi connectivity index (χ2n) is 8.10. The second kappa shape index (κ2) is 6.93. The van der Waals surface area contributed by atoms with Crippen LogP contribution in [0.15, 0.2) is 17.0 Å². The van der Waals surface area contributed by atoms with Crippen molar-refractivity contribution in [2.45, 2.75) is 43.3 Å². The molecular weight excluding hydrogens is 395 g/mol. The second-order valence-corrected chi connectivity index (χ2v) is 10.0. The lowest BCUT2D eigenvalue weighted by Crippen LogP contribution is -2.57. The van der Waals surface area contributed by atoms with Crippen molar-refractivity contribution in [3.8, 4) is 0 Å². The van der Waals surface area contributed by atoms with Gasteiger partial charge in [-0.25, -0.2) is 13.4 Å². The molecule has 2 saturated heterocycles. The van der Waals surface area contributed by atoms with Gasteiger partial charge in [0.15, 0.2) is 0 Å². The van der Waals surface area contributed by atoms with E-state index in [0.29, 0.717) is 19.1 Å². The van der Waals surface area contributed by atoms with Crippen molar-refractivity contribution in [2.75, 3.05) is 39.4 Å². The molecular formula is C18H24F3N3O3S. The van der Waals surface area contributed by atoms with Crippen LogP contribution >= 0.6 is 0 Å². The predicted molar refractivity (Wildman–Crippen MR) is 95.2 cm³/mol. The number of alkyl halides is 3. The average Bonchev–Trinajstić information content (AvgIpc) is 3.06. The number of hydrogen-bond acceptors (Lipinski definition) is 5. The van der Waals surface area contributed by atoms with Gasteiger partial charge in [-0.05, 0) is 43.7 Å². The number of pyridine rings is 1. The Morgan fingerprint density at radius 3 is 2.50 bits per heavy atom. The standard InChI is InChI=1S/C18H24F3N3O3S/c1-13-15(2-3-16(22-13)18(19,20)21)28(25,26)24-11-17(12-24)5-4-14(10-17)23-6-8-27-9-7-23/h2-3,14H,4-12H2,1H3/t14-/m0/s1. The van der Waals surface area contributed by atoms with Crippen molar-refractivity contribution in [1.82, 2.24) is 14.2 Å². The summed E-state index contributed by atoms with van der Waals surface area (Å²) in [6.45, 7) is 5.47. The van der Waals surface area contributed by atoms with Crippen molar-refractivity contribution in [3.05, 3.63) is 23.5 Å². The van der Waals surface area contributed by atoms with Crippen molar-refractivity contribution in [3.63, 3.8) is 0 Å². The summed E-state index contributed by atoms with van der Waals surface area (Å²) in [7, 11) is -3.83. The molecule has 0 aromatic carbocycles. The molecule has 0 bridgehead atoms. The molecule has 0 N–H and O–H groups in total. The molecule has 6 nitrogen and oxygen atoms in total. The molecule has 2 aliphatic heterocycles. The monoisotopic (exact) mass is 419 g/mol. The van der Waals surface area contributed by atoms with E-state index in [0.717, 1.165) is 57.7 Å². The third-order valence-corrected chi connectivity index (χ3v) is 8.13. The molecule has 4 rings (SSSR count). The summed E-state index contributed by atoms with van der Waals surface area (Å²) in [5.41, 5.74) is -1.20. The van der Waals surface area contributed by atoms with E-state index in [1.807, 2.05) is 0 Å². The van der Waals surface area contributed by atoms with Gasteiger partial charge in [0.1, 0.15) is 10.6 Å². The summed E-state index contributed by atoms with van der Waals surface area (Å²) in [6, 6.07) is 2.22. The zero-order valence-electron chi connectivity index (χ0n) is 15.7. The number of sulfonamides is 1. The predicted octanol–water partition coefficient (Wildman–Crippen LogP) is 2.28. The van der Waals surface area contributed by atoms with Gasteiger partial charge in [-0.2, -0.15) is 17.5 Å². The Bertz CT molecular complexity index is 847. The van der Waals surface area contributed by atoms with Crippen LogP contribution in [0.5, 0.6) is 0 Å². The van der Waals surface area contributed by atoms with E-state index in [1.165, 1.54) is 11.2 Å². The van der Waals surface area contributed by atoms with Crippen LogP contribution in [0.3, 0.4) is 0 Å². The minimum Gasteiger partial charge on any atom is -0.379 e. The summed E-state index contributed by atoms with van der Waals surface area (Å²) in [5.74, 6) is 0. The highest BCUT2D eigenvalue weighted by molar-refractivity contribution is 7.89. The maximum Gasteiger partial charge on any atom is 0.433 e. The highest BCUT2D eigenvalue weighted by atomic mass is 32.2. The smallest absolute Gasteiger partial charge is 0.379 e. The molecule has 10 heteroatoms. The van der Waals surface area contributed by atoms with E-state index >= 15 is 0 Å². The summed E-state index contributed by atoms with van der Waals surface area (Å²) in [5, 5.41) is 0. The van der Waals surface area contributed by atoms with Crippen LogP contribution in [0.4, 0.5) is 13.2 Å². The van der Waals surface area contributed by atoms with Crippen molar-refractivity contribution in [2.24, 2.45) is 5.41 Å². The van der Waals surface area contributed by atoms with Crippen molar-refractivity contribution < 1.29 is 26.3 Å². The van der Waals surface area contributed by atoms with Gasteiger partial charge < -0.3 is 4.74 Å². The van der Waals surface area contributed by atoms with Crippen LogP contribution in [0.25, 0.3) is 0 Å². The Hall–Kier alpha value is -1.23. The molecule has 0 unspecified atom stereocenters. The quantitative estimate of drug-likeness (QED) is 0.752. The van der Waals surface area contributed by atoms with Gasteiger partial charge in [0.2, 0.25) is 10.0 Å². The number of aryl methyl sites for hydroxylation is 1. The molecule has 1 atom stereocenters. The molecule has 3 fully saturated rings. The first kappa shape index (κ1) is 20.1. The van der Waals surface area contributed by atoms with E-state index < -0.39 is 21.9 Å². The molecule has 1 aromatic rings. The minimum absolute atomic E-state index is 0.0106. The molecule has 3 heterocycles. The van der Waals surface area contributed by atoms with Gasteiger partial charge in [-0.3, -0.25) is 4.90 Å². The van der Waals surface area contributed by atoms with Crippen LogP contribution < -0.4 is 0 Å². The first-order valence-corrected chi connectivity index (χ1v) is 10.9. The molecule has 1 spiro atoms. The zero-order chi connectivity index (χ0) is 20.2. The summed E-state index contributed by atoms with van der Waals surface area (Å²) in [4.78, 5) is 5.75. The highest BCUT2D eigenvalue weighted by Crippen LogP contribution is 2.49. The fraction of sp³-hybridized carbons (Fsp3) is 0.722. The van der Waals surface area contributed by atoms with Crippen LogP contribution in [0.2, 0.25) is 0 Å². The van der Waals surface area contributed by atoms with Crippen molar-refractivity contribution >= 4 is 10.0 Å². The Morgan fingerprint density at radius 2 is 1.89 bits per heavy atom. The number of ether oxygens (including phenoxy) is 1. The van der Waals surface area contributed by atoms with Crippen LogP contribution in [0, 0.1) is 12.3 Å². The number of rotatable bonds is 3. The van der Waals surface area contributed by atoms with Gasteiger partial charge in [-0.1, -0.05) is 0 Å². The van der Waals surface area contributed by atoms with Crippen LogP contribution in [-0.4, -0.2) is 68.0 Å². The molecule has 156 valence electrons. The van der Waals surface area contributed by atoms with E-state index in [4.69, 9.17) is 4.74 Å². The molecule has 1 aliphatic carbocycles. The van der Waals surface area contributed by atoms with Gasteiger partial charge in [0, 0.05) is 32.2 Å². The maximum absolute atomic E-state index is 12.9. The Labute approximate surface area is 162 Å². The molecule has 1 saturated carbocycles. The Balaban J connectivity index is 1.44. The largest absolute Gasteiger partial charge is 0.433 e. The number of morpholine rings is 1. The molecule has 0 amide bonds. The SMILES string of the molecule is Cc1nc(C(F)(F)F)ccc1S(=O)(=O)N1CC2(CC[C@H](N3CCOCC3)C2)C1. The fourth-order valence-electron chi connectivity index (χ4n) is 4.71. The number of halogens is 3. The molecule has 28 heavy (non-hydrogen) atoms. The zero-order valence-corrected chi connectivity index (χ0v) is 16.5. The van der Waals surface area contributed by atoms with E-state index in [9.17, 15) is 21.6 Å². The van der Waals surface area contributed by atoms with Gasteiger partial charge in [0.25, 0.3) is 0 Å². The van der Waals surface area contributed by atoms with E-state index in [-0.39, 0.29) is 16.0 Å². The lowest BCUT2D eigenvalue weighted by atomic mass is 9.80. The van der Waals surface area contributed by atoms with Crippen LogP contribution in [-0.2, 0) is 20.9 Å². The Kier molecular flexibility index (Phi) is 4.96. The minimum atomic E-state index is -4.59. The summed E-state index contributed by atoms with van der Waals surface area (Å²) < 4.78 is 70.9. The fourth-order valence-corrected chi connectivity index (χ4v) is 6.53. The molecule has 3 aliphatic rings. The summed E-state index contributed by atoms with van der Waals surface area (Å²) in [6.07, 6.45) is -1.60. The van der Waals surface area contributed by atoms with Gasteiger partial charge >= 0.3 is 6.18 Å². The van der Waals surface area contributed by atoms with Gasteiger partial charge in [-0.15, -0.1) is 0 Å². The van der Waals surface area contributed by atoms with Crippen molar-refractivity contribution in [1.29, 1.82) is 0 Å². The van der Waals surface area contributed by atoms with Crippen LogP contribution in [0.1, 0.15) is 30.7 Å². The molecule has 1 aromatic heterocycles. The molecule has 0 radical (unpaired) electrons. The number of hydrogen-bond donors (Lipinski definition) is 0. The normalized spacial score (nSPS) is 26.5. The summed E-state index contributed by atoms with van der Waals surface area (Å²) >= 11 is 0. The average molecular weight is 419 g/mol. The number of nitrogens with zero attached hydrogens (tertiary/aromatic N) is 3. The third kappa shape index (κ3) is 3.55. The Morgan fingerprint density at radius 1 is 1.21 bits per heavy atom.